The first kappa shape index (κ1) is 11.9. The van der Waals surface area contributed by atoms with Gasteiger partial charge in [-0.15, -0.1) is 0 Å². The van der Waals surface area contributed by atoms with Gasteiger partial charge in [0.15, 0.2) is 0 Å². The van der Waals surface area contributed by atoms with Gasteiger partial charge in [-0.3, -0.25) is 4.90 Å². The number of ether oxygens (including phenoxy) is 1. The van der Waals surface area contributed by atoms with Crippen molar-refractivity contribution in [2.75, 3.05) is 20.8 Å². The van der Waals surface area contributed by atoms with Crippen LogP contribution >= 0.6 is 0 Å². The molecule has 3 aliphatic rings. The zero-order valence-corrected chi connectivity index (χ0v) is 10.8. The summed E-state index contributed by atoms with van der Waals surface area (Å²) in [7, 11) is 3.67. The highest BCUT2D eigenvalue weighted by Gasteiger charge is 2.21. The highest BCUT2D eigenvalue weighted by molar-refractivity contribution is 5.92. The summed E-state index contributed by atoms with van der Waals surface area (Å²) < 4.78 is 7.13. The minimum atomic E-state index is -0.411. The normalized spacial score (nSPS) is 13.2. The summed E-state index contributed by atoms with van der Waals surface area (Å²) in [6.45, 7) is 1.00. The van der Waals surface area contributed by atoms with Gasteiger partial charge >= 0.3 is 5.97 Å². The Hall–Kier alpha value is -2.21. The number of carbonyl (C=O) groups is 1. The summed E-state index contributed by atoms with van der Waals surface area (Å²) >= 11 is 0. The van der Waals surface area contributed by atoms with E-state index in [2.05, 4.69) is 9.98 Å². The predicted molar refractivity (Wildman–Crippen MR) is 71.0 cm³/mol. The molecule has 98 valence electrons. The van der Waals surface area contributed by atoms with Gasteiger partial charge in [0.1, 0.15) is 18.2 Å². The van der Waals surface area contributed by atoms with Crippen molar-refractivity contribution in [1.82, 2.24) is 14.5 Å². The Morgan fingerprint density at radius 1 is 1.53 bits per heavy atom. The minimum absolute atomic E-state index is 0.243. The molecule has 0 radical (unpaired) electrons. The highest BCUT2D eigenvalue weighted by Crippen LogP contribution is 2.34. The molecule has 0 aromatic carbocycles. The van der Waals surface area contributed by atoms with E-state index in [4.69, 9.17) is 4.74 Å². The quantitative estimate of drug-likeness (QED) is 0.616. The molecule has 0 saturated carbocycles. The number of rotatable bonds is 3. The van der Waals surface area contributed by atoms with Crippen molar-refractivity contribution in [2.45, 2.75) is 6.54 Å². The van der Waals surface area contributed by atoms with E-state index >= 15 is 0 Å². The number of carbonyl (C=O) groups excluding carboxylic acids is 1. The van der Waals surface area contributed by atoms with Crippen molar-refractivity contribution in [3.8, 4) is 11.3 Å². The van der Waals surface area contributed by atoms with Crippen molar-refractivity contribution in [2.24, 2.45) is 4.99 Å². The van der Waals surface area contributed by atoms with Gasteiger partial charge in [0.05, 0.1) is 12.2 Å². The van der Waals surface area contributed by atoms with E-state index in [9.17, 15) is 4.79 Å². The van der Waals surface area contributed by atoms with Gasteiger partial charge in [0.2, 0.25) is 0 Å². The number of hydrogen-bond acceptors (Lipinski definition) is 5. The maximum atomic E-state index is 11.9. The van der Waals surface area contributed by atoms with Crippen LogP contribution in [0.5, 0.6) is 0 Å². The maximum Gasteiger partial charge on any atom is 0.358 e. The molecule has 6 nitrogen and oxygen atoms in total. The number of fused-ring (bicyclic) bond motifs is 3. The van der Waals surface area contributed by atoms with Crippen molar-refractivity contribution >= 4 is 18.0 Å². The first-order valence-electron chi connectivity index (χ1n) is 5.99. The molecule has 0 fully saturated rings. The average Bonchev–Trinajstić information content (AvgIpc) is 3.00. The number of esters is 1. The molecule has 0 saturated heterocycles. The van der Waals surface area contributed by atoms with Gasteiger partial charge in [-0.25, -0.2) is 14.8 Å². The van der Waals surface area contributed by atoms with Gasteiger partial charge < -0.3 is 9.30 Å². The summed E-state index contributed by atoms with van der Waals surface area (Å²) in [5.41, 5.74) is 1.98. The van der Waals surface area contributed by atoms with Crippen LogP contribution in [0.4, 0.5) is 5.82 Å². The van der Waals surface area contributed by atoms with Crippen LogP contribution in [0, 0.1) is 0 Å². The van der Waals surface area contributed by atoms with Gasteiger partial charge in [0.25, 0.3) is 0 Å². The molecule has 0 unspecified atom stereocenters. The third-order valence-electron chi connectivity index (χ3n) is 2.88. The lowest BCUT2D eigenvalue weighted by atomic mass is 10.2. The number of aliphatic imine (C=N–C) groups is 1. The fourth-order valence-electron chi connectivity index (χ4n) is 2.00. The van der Waals surface area contributed by atoms with E-state index in [-0.39, 0.29) is 6.73 Å². The van der Waals surface area contributed by atoms with Gasteiger partial charge in [-0.1, -0.05) is 0 Å². The molecule has 0 amide bonds. The number of nitrogens with zero attached hydrogens (tertiary/aromatic N) is 4. The van der Waals surface area contributed by atoms with E-state index in [0.29, 0.717) is 5.69 Å². The molecule has 0 aliphatic carbocycles. The lowest BCUT2D eigenvalue weighted by Gasteiger charge is -2.08. The van der Waals surface area contributed by atoms with Crippen LogP contribution in [0.2, 0.25) is 0 Å². The summed E-state index contributed by atoms with van der Waals surface area (Å²) in [5.74, 6) is 0.433. The van der Waals surface area contributed by atoms with Crippen LogP contribution in [0.1, 0.15) is 10.5 Å². The van der Waals surface area contributed by atoms with Gasteiger partial charge in [0, 0.05) is 18.0 Å². The zero-order valence-electron chi connectivity index (χ0n) is 10.8. The molecule has 3 heterocycles. The summed E-state index contributed by atoms with van der Waals surface area (Å²) in [6, 6.07) is 3.62. The van der Waals surface area contributed by atoms with E-state index in [0.717, 1.165) is 23.6 Å². The minimum Gasteiger partial charge on any atom is -0.445 e. The number of aromatic nitrogens is 2. The SMILES string of the molecule is CN(C)COC(=O)c1cc2c3n(ccc-2n1)CC=N3. The number of hydrogen-bond donors (Lipinski definition) is 0. The Labute approximate surface area is 110 Å². The topological polar surface area (TPSA) is 59.7 Å². The fraction of sp³-hybridized carbons (Fsp3) is 0.308. The summed E-state index contributed by atoms with van der Waals surface area (Å²) in [5, 5.41) is 0. The third-order valence-corrected chi connectivity index (χ3v) is 2.88. The Balaban J connectivity index is 1.92. The molecule has 0 N–H and O–H groups in total. The largest absolute Gasteiger partial charge is 0.445 e. The smallest absolute Gasteiger partial charge is 0.358 e. The van der Waals surface area contributed by atoms with Crippen LogP contribution in [0.25, 0.3) is 11.3 Å². The molecule has 0 aromatic heterocycles. The second-order valence-electron chi connectivity index (χ2n) is 4.68. The molecule has 6 heteroatoms. The van der Waals surface area contributed by atoms with Crippen molar-refractivity contribution < 1.29 is 9.53 Å². The number of pyridine rings is 1. The van der Waals surface area contributed by atoms with Crippen molar-refractivity contribution in [1.29, 1.82) is 0 Å². The van der Waals surface area contributed by atoms with E-state index in [1.54, 1.807) is 11.0 Å². The molecule has 0 bridgehead atoms. The van der Waals surface area contributed by atoms with Crippen molar-refractivity contribution in [3.63, 3.8) is 0 Å². The van der Waals surface area contributed by atoms with E-state index in [1.807, 2.05) is 37.1 Å². The van der Waals surface area contributed by atoms with Gasteiger partial charge in [-0.05, 0) is 26.2 Å². The first-order valence-corrected chi connectivity index (χ1v) is 5.99. The Morgan fingerprint density at radius 2 is 2.37 bits per heavy atom. The van der Waals surface area contributed by atoms with Crippen LogP contribution in [-0.4, -0.2) is 47.5 Å². The Morgan fingerprint density at radius 3 is 3.16 bits per heavy atom. The van der Waals surface area contributed by atoms with Crippen LogP contribution in [0.15, 0.2) is 23.3 Å². The first-order chi connectivity index (χ1) is 9.15. The van der Waals surface area contributed by atoms with Gasteiger partial charge in [-0.2, -0.15) is 0 Å². The van der Waals surface area contributed by atoms with Crippen LogP contribution in [0.3, 0.4) is 0 Å². The molecule has 0 atom stereocenters. The average molecular weight is 258 g/mol. The summed E-state index contributed by atoms with van der Waals surface area (Å²) in [4.78, 5) is 22.2. The monoisotopic (exact) mass is 258 g/mol. The molecule has 3 aliphatic heterocycles. The van der Waals surface area contributed by atoms with Crippen molar-refractivity contribution in [3.05, 3.63) is 24.0 Å². The second kappa shape index (κ2) is 4.47. The lowest BCUT2D eigenvalue weighted by Crippen LogP contribution is -2.19. The molecule has 0 aromatic rings. The second-order valence-corrected chi connectivity index (χ2v) is 4.68. The summed E-state index contributed by atoms with van der Waals surface area (Å²) in [6.07, 6.45) is 3.76. The lowest BCUT2D eigenvalue weighted by molar-refractivity contribution is 0.0314. The van der Waals surface area contributed by atoms with E-state index < -0.39 is 5.97 Å². The van der Waals surface area contributed by atoms with E-state index in [1.165, 1.54) is 0 Å². The Kier molecular flexibility index (Phi) is 2.79. The third kappa shape index (κ3) is 2.10. The van der Waals surface area contributed by atoms with Crippen LogP contribution in [-0.2, 0) is 11.3 Å². The predicted octanol–water partition coefficient (Wildman–Crippen LogP) is 1.38. The Bertz CT molecular complexity index is 630. The van der Waals surface area contributed by atoms with Crippen LogP contribution < -0.4 is 0 Å². The maximum absolute atomic E-state index is 11.9. The molecule has 19 heavy (non-hydrogen) atoms. The molecular formula is C13H14N4O2. The highest BCUT2D eigenvalue weighted by atomic mass is 16.5. The molecule has 0 spiro atoms. The standard InChI is InChI=1S/C13H14N4O2/c1-16(2)8-19-13(18)11-7-9-10(15-11)3-5-17-6-4-14-12(9)17/h3-5,7H,6,8H2,1-2H3. The molecule has 3 rings (SSSR count). The fourth-order valence-corrected chi connectivity index (χ4v) is 2.00. The zero-order chi connectivity index (χ0) is 13.4. The molecular weight excluding hydrogens is 244 g/mol.